The lowest BCUT2D eigenvalue weighted by atomic mass is 10.2. The van der Waals surface area contributed by atoms with Gasteiger partial charge in [0, 0.05) is 18.2 Å². The van der Waals surface area contributed by atoms with Crippen LogP contribution in [0.4, 0.5) is 0 Å². The fourth-order valence-electron chi connectivity index (χ4n) is 3.04. The van der Waals surface area contributed by atoms with Crippen molar-refractivity contribution < 1.29 is 22.7 Å². The maximum absolute atomic E-state index is 12.4. The molecule has 0 bridgehead atoms. The molecule has 134 valence electrons. The van der Waals surface area contributed by atoms with Crippen LogP contribution in [-0.2, 0) is 24.2 Å². The fraction of sp³-hybridized carbons (Fsp3) is 0.444. The first-order chi connectivity index (χ1) is 11.9. The van der Waals surface area contributed by atoms with E-state index >= 15 is 0 Å². The maximum atomic E-state index is 12.4. The third-order valence-electron chi connectivity index (χ3n) is 4.38. The van der Waals surface area contributed by atoms with Gasteiger partial charge in [0.2, 0.25) is 0 Å². The Morgan fingerprint density at radius 1 is 1.12 bits per heavy atom. The van der Waals surface area contributed by atoms with Gasteiger partial charge < -0.3 is 9.64 Å². The quantitative estimate of drug-likeness (QED) is 0.564. The van der Waals surface area contributed by atoms with E-state index in [-0.39, 0.29) is 36.1 Å². The van der Waals surface area contributed by atoms with Crippen LogP contribution in [0.1, 0.15) is 24.8 Å². The minimum atomic E-state index is -3.06. The predicted molar refractivity (Wildman–Crippen MR) is 93.4 cm³/mol. The van der Waals surface area contributed by atoms with Gasteiger partial charge in [0.1, 0.15) is 0 Å². The van der Waals surface area contributed by atoms with E-state index in [1.165, 1.54) is 6.08 Å². The van der Waals surface area contributed by atoms with Gasteiger partial charge in [-0.15, -0.1) is 0 Å². The molecular weight excluding hydrogens is 342 g/mol. The van der Waals surface area contributed by atoms with Crippen molar-refractivity contribution in [1.82, 2.24) is 4.90 Å². The number of ether oxygens (including phenoxy) is 1. The zero-order chi connectivity index (χ0) is 17.9. The lowest BCUT2D eigenvalue weighted by molar-refractivity contribution is -0.149. The van der Waals surface area contributed by atoms with Crippen LogP contribution in [-0.4, -0.2) is 55.4 Å². The van der Waals surface area contributed by atoms with E-state index in [0.717, 1.165) is 18.4 Å². The molecule has 0 radical (unpaired) electrons. The van der Waals surface area contributed by atoms with Gasteiger partial charge in [0.15, 0.2) is 16.4 Å². The second-order valence-electron chi connectivity index (χ2n) is 6.44. The summed E-state index contributed by atoms with van der Waals surface area (Å²) in [7, 11) is -3.06. The van der Waals surface area contributed by atoms with E-state index in [9.17, 15) is 18.0 Å². The number of carbonyl (C=O) groups excluding carboxylic acids is 2. The Morgan fingerprint density at radius 3 is 2.44 bits per heavy atom. The first-order valence-electron chi connectivity index (χ1n) is 8.36. The second-order valence-corrected chi connectivity index (χ2v) is 8.67. The maximum Gasteiger partial charge on any atom is 0.331 e. The Morgan fingerprint density at radius 2 is 1.84 bits per heavy atom. The van der Waals surface area contributed by atoms with Crippen LogP contribution in [0, 0.1) is 0 Å². The number of benzene rings is 1. The van der Waals surface area contributed by atoms with E-state index in [0.29, 0.717) is 6.42 Å². The van der Waals surface area contributed by atoms with Crippen molar-refractivity contribution in [2.24, 2.45) is 0 Å². The van der Waals surface area contributed by atoms with E-state index < -0.39 is 15.8 Å². The summed E-state index contributed by atoms with van der Waals surface area (Å²) in [4.78, 5) is 25.8. The van der Waals surface area contributed by atoms with Crippen LogP contribution in [0.25, 0.3) is 6.08 Å². The van der Waals surface area contributed by atoms with Crippen LogP contribution in [0.5, 0.6) is 0 Å². The third-order valence-corrected chi connectivity index (χ3v) is 6.13. The summed E-state index contributed by atoms with van der Waals surface area (Å²) >= 11 is 0. The Hall–Kier alpha value is -2.15. The van der Waals surface area contributed by atoms with Crippen molar-refractivity contribution in [3.05, 3.63) is 42.0 Å². The van der Waals surface area contributed by atoms with E-state index in [4.69, 9.17) is 4.74 Å². The number of esters is 1. The highest BCUT2D eigenvalue weighted by Crippen LogP contribution is 2.32. The molecule has 1 aromatic rings. The monoisotopic (exact) mass is 363 g/mol. The number of sulfone groups is 1. The van der Waals surface area contributed by atoms with Crippen LogP contribution < -0.4 is 0 Å². The molecule has 1 aliphatic heterocycles. The van der Waals surface area contributed by atoms with Gasteiger partial charge in [-0.1, -0.05) is 30.3 Å². The molecule has 1 saturated carbocycles. The highest BCUT2D eigenvalue weighted by molar-refractivity contribution is 7.91. The Labute approximate surface area is 147 Å². The molecular formula is C18H21NO5S. The van der Waals surface area contributed by atoms with Gasteiger partial charge >= 0.3 is 5.97 Å². The predicted octanol–water partition coefficient (Wildman–Crippen LogP) is 1.42. The van der Waals surface area contributed by atoms with Crippen LogP contribution in [0.2, 0.25) is 0 Å². The molecule has 1 saturated heterocycles. The van der Waals surface area contributed by atoms with Gasteiger partial charge in [-0.3, -0.25) is 4.79 Å². The highest BCUT2D eigenvalue weighted by Gasteiger charge is 2.42. The number of rotatable bonds is 6. The number of hydrogen-bond acceptors (Lipinski definition) is 5. The fourth-order valence-corrected chi connectivity index (χ4v) is 4.75. The average molecular weight is 363 g/mol. The number of nitrogens with zero attached hydrogens (tertiary/aromatic N) is 1. The Balaban J connectivity index is 1.53. The minimum Gasteiger partial charge on any atom is -0.452 e. The molecule has 2 aliphatic rings. The molecule has 7 heteroatoms. The van der Waals surface area contributed by atoms with Gasteiger partial charge in [-0.05, 0) is 30.9 Å². The number of amides is 1. The van der Waals surface area contributed by atoms with Crippen LogP contribution >= 0.6 is 0 Å². The van der Waals surface area contributed by atoms with Crippen molar-refractivity contribution in [3.8, 4) is 0 Å². The summed E-state index contributed by atoms with van der Waals surface area (Å²) in [5, 5.41) is 0. The summed E-state index contributed by atoms with van der Waals surface area (Å²) in [6, 6.07) is 9.10. The van der Waals surface area contributed by atoms with Crippen molar-refractivity contribution in [1.29, 1.82) is 0 Å². The molecule has 0 unspecified atom stereocenters. The summed E-state index contributed by atoms with van der Waals surface area (Å²) in [5.41, 5.74) is 0.863. The van der Waals surface area contributed by atoms with Crippen molar-refractivity contribution in [2.45, 2.75) is 31.3 Å². The molecule has 2 fully saturated rings. The number of carbonyl (C=O) groups is 2. The zero-order valence-corrected chi connectivity index (χ0v) is 14.7. The molecule has 1 aromatic carbocycles. The van der Waals surface area contributed by atoms with Crippen LogP contribution in [0.3, 0.4) is 0 Å². The highest BCUT2D eigenvalue weighted by atomic mass is 32.2. The zero-order valence-electron chi connectivity index (χ0n) is 13.8. The number of hydrogen-bond donors (Lipinski definition) is 0. The van der Waals surface area contributed by atoms with Crippen molar-refractivity contribution in [3.63, 3.8) is 0 Å². The summed E-state index contributed by atoms with van der Waals surface area (Å²) < 4.78 is 28.4. The van der Waals surface area contributed by atoms with Crippen LogP contribution in [0.15, 0.2) is 36.4 Å². The lowest BCUT2D eigenvalue weighted by Gasteiger charge is -2.28. The van der Waals surface area contributed by atoms with Gasteiger partial charge in [0.25, 0.3) is 5.91 Å². The largest absolute Gasteiger partial charge is 0.452 e. The van der Waals surface area contributed by atoms with Crippen molar-refractivity contribution in [2.75, 3.05) is 18.1 Å². The van der Waals surface area contributed by atoms with Gasteiger partial charge in [-0.2, -0.15) is 0 Å². The van der Waals surface area contributed by atoms with Crippen molar-refractivity contribution >= 4 is 27.8 Å². The second kappa shape index (κ2) is 7.39. The summed E-state index contributed by atoms with van der Waals surface area (Å²) in [6.07, 6.45) is 5.12. The molecule has 0 spiro atoms. The SMILES string of the molecule is O=C(/C=C/c1ccccc1)OCC(=O)N(C1CC1)[C@H]1CCS(=O)(=O)C1. The van der Waals surface area contributed by atoms with E-state index in [2.05, 4.69) is 0 Å². The minimum absolute atomic E-state index is 0.0110. The average Bonchev–Trinajstić information content (AvgIpc) is 3.35. The lowest BCUT2D eigenvalue weighted by Crippen LogP contribution is -2.44. The first-order valence-corrected chi connectivity index (χ1v) is 10.2. The normalized spacial score (nSPS) is 22.0. The molecule has 1 amide bonds. The van der Waals surface area contributed by atoms with E-state index in [1.54, 1.807) is 11.0 Å². The molecule has 6 nitrogen and oxygen atoms in total. The molecule has 1 aliphatic carbocycles. The first kappa shape index (κ1) is 17.7. The molecule has 25 heavy (non-hydrogen) atoms. The molecule has 0 aromatic heterocycles. The Bertz CT molecular complexity index is 768. The molecule has 3 rings (SSSR count). The molecule has 1 heterocycles. The summed E-state index contributed by atoms with van der Waals surface area (Å²) in [5.74, 6) is -0.775. The summed E-state index contributed by atoms with van der Waals surface area (Å²) in [6.45, 7) is -0.356. The smallest absolute Gasteiger partial charge is 0.331 e. The molecule has 0 N–H and O–H groups in total. The molecule has 1 atom stereocenters. The topological polar surface area (TPSA) is 80.8 Å². The Kier molecular flexibility index (Phi) is 5.22. The standard InChI is InChI=1S/C18H21NO5S/c20-17(12-24-18(21)9-6-14-4-2-1-3-5-14)19(15-7-8-15)16-10-11-25(22,23)13-16/h1-6,9,15-16H,7-8,10-13H2/b9-6+/t16-/m0/s1. The van der Waals surface area contributed by atoms with Gasteiger partial charge in [0.05, 0.1) is 11.5 Å². The third kappa shape index (κ3) is 4.92. The van der Waals surface area contributed by atoms with Gasteiger partial charge in [-0.25, -0.2) is 13.2 Å². The van der Waals surface area contributed by atoms with E-state index in [1.807, 2.05) is 30.3 Å².